The maximum atomic E-state index is 11.3. The summed E-state index contributed by atoms with van der Waals surface area (Å²) in [6.45, 7) is 2.72. The fraction of sp³-hybridized carbons (Fsp3) is 0.800. The van der Waals surface area contributed by atoms with Crippen LogP contribution in [0.3, 0.4) is 0 Å². The van der Waals surface area contributed by atoms with Crippen molar-refractivity contribution in [1.29, 1.82) is 0 Å². The number of urea groups is 1. The maximum Gasteiger partial charge on any atom is 0.321 e. The van der Waals surface area contributed by atoms with Crippen molar-refractivity contribution in [3.63, 3.8) is 0 Å². The van der Waals surface area contributed by atoms with Crippen molar-refractivity contribution in [1.82, 2.24) is 10.6 Å². The molecule has 0 spiro atoms. The van der Waals surface area contributed by atoms with Crippen LogP contribution < -0.4 is 16.4 Å². The van der Waals surface area contributed by atoms with Crippen LogP contribution in [0.1, 0.15) is 13.3 Å². The number of hydrogen-bond donors (Lipinski definition) is 3. The van der Waals surface area contributed by atoms with Crippen molar-refractivity contribution in [3.8, 4) is 0 Å². The number of methoxy groups -OCH3 is 1. The van der Waals surface area contributed by atoms with E-state index in [9.17, 15) is 9.59 Å². The number of thioether (sulfide) groups is 1. The molecule has 0 aromatic carbocycles. The monoisotopic (exact) mass is 263 g/mol. The number of ether oxygens (including phenoxy) is 1. The Morgan fingerprint density at radius 3 is 2.76 bits per heavy atom. The first-order valence-electron chi connectivity index (χ1n) is 5.46. The molecule has 0 rings (SSSR count). The molecule has 0 saturated heterocycles. The van der Waals surface area contributed by atoms with Crippen LogP contribution in [0.25, 0.3) is 0 Å². The van der Waals surface area contributed by atoms with Crippen LogP contribution in [0.2, 0.25) is 0 Å². The number of imide groups is 1. The van der Waals surface area contributed by atoms with Gasteiger partial charge < -0.3 is 15.8 Å². The fourth-order valence-electron chi connectivity index (χ4n) is 0.908. The van der Waals surface area contributed by atoms with Gasteiger partial charge in [0.1, 0.15) is 0 Å². The summed E-state index contributed by atoms with van der Waals surface area (Å²) in [6, 6.07) is -0.345. The molecular weight excluding hydrogens is 242 g/mol. The SMILES string of the molecule is COCCNC(=O)NC(=O)CSCCC(C)N. The molecule has 1 unspecified atom stereocenters. The topological polar surface area (TPSA) is 93.5 Å². The van der Waals surface area contributed by atoms with Crippen molar-refractivity contribution >= 4 is 23.7 Å². The molecule has 1 atom stereocenters. The van der Waals surface area contributed by atoms with Crippen molar-refractivity contribution in [2.75, 3.05) is 31.8 Å². The zero-order valence-corrected chi connectivity index (χ0v) is 11.1. The van der Waals surface area contributed by atoms with E-state index < -0.39 is 6.03 Å². The van der Waals surface area contributed by atoms with Gasteiger partial charge in [0.15, 0.2) is 0 Å². The highest BCUT2D eigenvalue weighted by molar-refractivity contribution is 7.99. The molecule has 7 heteroatoms. The molecule has 0 fully saturated rings. The van der Waals surface area contributed by atoms with Gasteiger partial charge in [0.2, 0.25) is 5.91 Å². The molecule has 0 aromatic rings. The van der Waals surface area contributed by atoms with Crippen LogP contribution in [-0.4, -0.2) is 49.7 Å². The molecule has 100 valence electrons. The molecule has 0 saturated carbocycles. The van der Waals surface area contributed by atoms with E-state index in [4.69, 9.17) is 10.5 Å². The Balaban J connectivity index is 3.47. The van der Waals surface area contributed by atoms with Crippen molar-refractivity contribution in [2.24, 2.45) is 5.73 Å². The Morgan fingerprint density at radius 2 is 2.18 bits per heavy atom. The van der Waals surface area contributed by atoms with Crippen LogP contribution in [0.15, 0.2) is 0 Å². The number of amides is 3. The van der Waals surface area contributed by atoms with Crippen molar-refractivity contribution in [3.05, 3.63) is 0 Å². The van der Waals surface area contributed by atoms with Crippen LogP contribution >= 0.6 is 11.8 Å². The van der Waals surface area contributed by atoms with Crippen LogP contribution in [0.4, 0.5) is 4.79 Å². The summed E-state index contributed by atoms with van der Waals surface area (Å²) in [6.07, 6.45) is 0.859. The minimum Gasteiger partial charge on any atom is -0.383 e. The number of carbonyl (C=O) groups is 2. The van der Waals surface area contributed by atoms with Gasteiger partial charge in [0, 0.05) is 19.7 Å². The number of nitrogens with one attached hydrogen (secondary N) is 2. The third-order valence-electron chi connectivity index (χ3n) is 1.80. The Kier molecular flexibility index (Phi) is 9.89. The summed E-state index contributed by atoms with van der Waals surface area (Å²) >= 11 is 1.46. The van der Waals surface area contributed by atoms with E-state index in [2.05, 4.69) is 10.6 Å². The standard InChI is InChI=1S/C10H21N3O3S/c1-8(11)3-6-17-7-9(14)13-10(15)12-4-5-16-2/h8H,3-7,11H2,1-2H3,(H2,12,13,14,15). The number of hydrogen-bond acceptors (Lipinski definition) is 5. The Hall–Kier alpha value is -0.790. The smallest absolute Gasteiger partial charge is 0.321 e. The lowest BCUT2D eigenvalue weighted by molar-refractivity contribution is -0.117. The lowest BCUT2D eigenvalue weighted by Crippen LogP contribution is -2.41. The average Bonchev–Trinajstić information content (AvgIpc) is 2.24. The summed E-state index contributed by atoms with van der Waals surface area (Å²) in [5.41, 5.74) is 5.57. The van der Waals surface area contributed by atoms with Gasteiger partial charge in [-0.15, -0.1) is 0 Å². The molecule has 0 aromatic heterocycles. The molecule has 0 bridgehead atoms. The van der Waals surface area contributed by atoms with E-state index in [1.54, 1.807) is 7.11 Å². The molecular formula is C10H21N3O3S. The summed E-state index contributed by atoms with van der Waals surface area (Å²) in [4.78, 5) is 22.4. The first-order valence-corrected chi connectivity index (χ1v) is 6.61. The van der Waals surface area contributed by atoms with Crippen LogP contribution in [0, 0.1) is 0 Å². The molecule has 4 N–H and O–H groups in total. The van der Waals surface area contributed by atoms with Gasteiger partial charge in [0.05, 0.1) is 12.4 Å². The minimum atomic E-state index is -0.486. The van der Waals surface area contributed by atoms with Gasteiger partial charge in [-0.05, 0) is 19.1 Å². The van der Waals surface area contributed by atoms with Gasteiger partial charge in [0.25, 0.3) is 0 Å². The third kappa shape index (κ3) is 11.5. The second-order valence-electron chi connectivity index (χ2n) is 3.62. The molecule has 0 aliphatic heterocycles. The Morgan fingerprint density at radius 1 is 1.47 bits per heavy atom. The van der Waals surface area contributed by atoms with Crippen molar-refractivity contribution < 1.29 is 14.3 Å². The van der Waals surface area contributed by atoms with E-state index in [1.807, 2.05) is 6.92 Å². The van der Waals surface area contributed by atoms with Crippen molar-refractivity contribution in [2.45, 2.75) is 19.4 Å². The summed E-state index contributed by atoms with van der Waals surface area (Å²) in [5, 5.41) is 4.73. The highest BCUT2D eigenvalue weighted by Gasteiger charge is 2.06. The Bertz CT molecular complexity index is 237. The number of nitrogens with two attached hydrogens (primary N) is 1. The Labute approximate surface area is 106 Å². The summed E-state index contributed by atoms with van der Waals surface area (Å²) < 4.78 is 4.76. The molecule has 17 heavy (non-hydrogen) atoms. The van der Waals surface area contributed by atoms with Crippen LogP contribution in [-0.2, 0) is 9.53 Å². The van der Waals surface area contributed by atoms with Gasteiger partial charge in [-0.25, -0.2) is 4.79 Å². The maximum absolute atomic E-state index is 11.3. The van der Waals surface area contributed by atoms with Crippen LogP contribution in [0.5, 0.6) is 0 Å². The number of rotatable bonds is 8. The second-order valence-corrected chi connectivity index (χ2v) is 4.72. The largest absolute Gasteiger partial charge is 0.383 e. The highest BCUT2D eigenvalue weighted by atomic mass is 32.2. The fourth-order valence-corrected chi connectivity index (χ4v) is 1.85. The van der Waals surface area contributed by atoms with E-state index in [-0.39, 0.29) is 17.7 Å². The lowest BCUT2D eigenvalue weighted by atomic mass is 10.3. The molecule has 3 amide bonds. The molecule has 0 aliphatic carbocycles. The number of carbonyl (C=O) groups excluding carboxylic acids is 2. The summed E-state index contributed by atoms with van der Waals surface area (Å²) in [5.74, 6) is 0.787. The molecule has 6 nitrogen and oxygen atoms in total. The van der Waals surface area contributed by atoms with E-state index >= 15 is 0 Å². The third-order valence-corrected chi connectivity index (χ3v) is 2.79. The molecule has 0 radical (unpaired) electrons. The minimum absolute atomic E-state index is 0.142. The van der Waals surface area contributed by atoms with Gasteiger partial charge in [-0.3, -0.25) is 10.1 Å². The average molecular weight is 263 g/mol. The predicted octanol–water partition coefficient (Wildman–Crippen LogP) is -0.0709. The summed E-state index contributed by atoms with van der Waals surface area (Å²) in [7, 11) is 1.54. The normalized spacial score (nSPS) is 11.9. The van der Waals surface area contributed by atoms with E-state index in [0.717, 1.165) is 12.2 Å². The first-order chi connectivity index (χ1) is 8.06. The predicted molar refractivity (Wildman–Crippen MR) is 69.0 cm³/mol. The first kappa shape index (κ1) is 16.2. The second kappa shape index (κ2) is 10.4. The zero-order chi connectivity index (χ0) is 13.1. The van der Waals surface area contributed by atoms with Gasteiger partial charge in [-0.1, -0.05) is 0 Å². The molecule has 0 heterocycles. The van der Waals surface area contributed by atoms with Gasteiger partial charge >= 0.3 is 6.03 Å². The van der Waals surface area contributed by atoms with E-state index in [1.165, 1.54) is 11.8 Å². The van der Waals surface area contributed by atoms with Gasteiger partial charge in [-0.2, -0.15) is 11.8 Å². The highest BCUT2D eigenvalue weighted by Crippen LogP contribution is 2.03. The van der Waals surface area contributed by atoms with E-state index in [0.29, 0.717) is 13.2 Å². The lowest BCUT2D eigenvalue weighted by Gasteiger charge is -2.06. The quantitative estimate of drug-likeness (QED) is 0.533. The molecule has 0 aliphatic rings. The zero-order valence-electron chi connectivity index (χ0n) is 10.3.